The lowest BCUT2D eigenvalue weighted by molar-refractivity contribution is 0.372. The Morgan fingerprint density at radius 1 is 1.21 bits per heavy atom. The van der Waals surface area contributed by atoms with E-state index in [0.717, 1.165) is 41.5 Å². The van der Waals surface area contributed by atoms with Gasteiger partial charge in [-0.05, 0) is 86.6 Å². The van der Waals surface area contributed by atoms with Gasteiger partial charge >= 0.3 is 0 Å². The molecule has 5 heteroatoms. The number of hydrogen-bond acceptors (Lipinski definition) is 4. The molecule has 2 atom stereocenters. The molecule has 2 heterocycles. The molecule has 0 radical (unpaired) electrons. The zero-order chi connectivity index (χ0) is 20.6. The molecule has 0 saturated heterocycles. The molecule has 1 N–H and O–H groups in total. The van der Waals surface area contributed by atoms with Gasteiger partial charge in [-0.25, -0.2) is 4.39 Å². The molecular weight excluding hydrogens is 383 g/mol. The topological polar surface area (TPSA) is 33.6 Å². The standard InChI is InChI=1S/C24H29FN2OS/c1-5-24(12-20-10-18-6-7-19(25)11-22(18)26-20)14-29-23(27-24)13-28-21-8-15(2)17(4)16(3)9-21/h6-9,11,20,26H,5,10,12-14H2,1-4H3. The zero-order valence-corrected chi connectivity index (χ0v) is 18.5. The van der Waals surface area contributed by atoms with Crippen molar-refractivity contribution in [1.82, 2.24) is 0 Å². The maximum absolute atomic E-state index is 13.5. The number of anilines is 1. The van der Waals surface area contributed by atoms with E-state index in [4.69, 9.17) is 9.73 Å². The lowest BCUT2D eigenvalue weighted by Crippen LogP contribution is -2.34. The predicted octanol–water partition coefficient (Wildman–Crippen LogP) is 5.85. The van der Waals surface area contributed by atoms with Crippen molar-refractivity contribution in [2.75, 3.05) is 17.7 Å². The van der Waals surface area contributed by atoms with Crippen LogP contribution in [0.3, 0.4) is 0 Å². The molecule has 2 aromatic carbocycles. The smallest absolute Gasteiger partial charge is 0.136 e. The van der Waals surface area contributed by atoms with Crippen molar-refractivity contribution >= 4 is 22.5 Å². The number of nitrogens with one attached hydrogen (secondary N) is 1. The molecule has 3 nitrogen and oxygen atoms in total. The molecule has 29 heavy (non-hydrogen) atoms. The monoisotopic (exact) mass is 412 g/mol. The van der Waals surface area contributed by atoms with Crippen molar-refractivity contribution in [3.8, 4) is 5.75 Å². The maximum atomic E-state index is 13.5. The molecule has 0 bridgehead atoms. The molecular formula is C24H29FN2OS. The number of rotatable bonds is 6. The Morgan fingerprint density at radius 2 is 1.97 bits per heavy atom. The van der Waals surface area contributed by atoms with E-state index in [2.05, 4.69) is 45.1 Å². The SMILES string of the molecule is CCC1(CC2Cc3ccc(F)cc3N2)CSC(COc2cc(C)c(C)c(C)c2)=N1. The van der Waals surface area contributed by atoms with Gasteiger partial charge in [-0.2, -0.15) is 0 Å². The van der Waals surface area contributed by atoms with Crippen LogP contribution >= 0.6 is 11.8 Å². The van der Waals surface area contributed by atoms with Crippen LogP contribution in [0.15, 0.2) is 35.3 Å². The molecule has 2 unspecified atom stereocenters. The third-order valence-electron chi connectivity index (χ3n) is 6.31. The van der Waals surface area contributed by atoms with Gasteiger partial charge in [-0.3, -0.25) is 4.99 Å². The van der Waals surface area contributed by atoms with Gasteiger partial charge in [0.1, 0.15) is 23.2 Å². The first-order valence-corrected chi connectivity index (χ1v) is 11.3. The number of thioether (sulfide) groups is 1. The normalized spacial score (nSPS) is 22.9. The van der Waals surface area contributed by atoms with Crippen LogP contribution in [-0.2, 0) is 6.42 Å². The summed E-state index contributed by atoms with van der Waals surface area (Å²) >= 11 is 1.81. The summed E-state index contributed by atoms with van der Waals surface area (Å²) in [5.41, 5.74) is 5.90. The van der Waals surface area contributed by atoms with E-state index in [1.165, 1.54) is 22.3 Å². The van der Waals surface area contributed by atoms with Crippen LogP contribution in [0.2, 0.25) is 0 Å². The molecule has 0 spiro atoms. The van der Waals surface area contributed by atoms with Crippen LogP contribution in [0.1, 0.15) is 42.0 Å². The number of fused-ring (bicyclic) bond motifs is 1. The van der Waals surface area contributed by atoms with E-state index in [-0.39, 0.29) is 11.4 Å². The van der Waals surface area contributed by atoms with Gasteiger partial charge in [0, 0.05) is 17.5 Å². The Labute approximate surface area is 177 Å². The number of nitrogens with zero attached hydrogens (tertiary/aromatic N) is 1. The first-order valence-electron chi connectivity index (χ1n) is 10.3. The predicted molar refractivity (Wildman–Crippen MR) is 121 cm³/mol. The van der Waals surface area contributed by atoms with Gasteiger partial charge < -0.3 is 10.1 Å². The van der Waals surface area contributed by atoms with Crippen molar-refractivity contribution in [2.24, 2.45) is 4.99 Å². The van der Waals surface area contributed by atoms with Gasteiger partial charge in [0.25, 0.3) is 0 Å². The molecule has 0 amide bonds. The average molecular weight is 413 g/mol. The summed E-state index contributed by atoms with van der Waals surface area (Å²) in [6.45, 7) is 9.13. The molecule has 2 aliphatic rings. The van der Waals surface area contributed by atoms with Gasteiger partial charge in [0.15, 0.2) is 0 Å². The second kappa shape index (κ2) is 8.02. The Morgan fingerprint density at radius 3 is 2.69 bits per heavy atom. The van der Waals surface area contributed by atoms with Crippen molar-refractivity contribution in [1.29, 1.82) is 0 Å². The third kappa shape index (κ3) is 4.30. The largest absolute Gasteiger partial charge is 0.487 e. The highest BCUT2D eigenvalue weighted by molar-refractivity contribution is 8.14. The summed E-state index contributed by atoms with van der Waals surface area (Å²) in [5, 5.41) is 4.58. The highest BCUT2D eigenvalue weighted by atomic mass is 32.2. The Bertz CT molecular complexity index is 935. The minimum absolute atomic E-state index is 0.0687. The number of aliphatic imine (C=N–C) groups is 1. The Balaban J connectivity index is 1.40. The van der Waals surface area contributed by atoms with Crippen LogP contribution in [0.4, 0.5) is 10.1 Å². The summed E-state index contributed by atoms with van der Waals surface area (Å²) in [6.07, 6.45) is 2.89. The van der Waals surface area contributed by atoms with Crippen LogP contribution in [0.5, 0.6) is 5.75 Å². The van der Waals surface area contributed by atoms with Gasteiger partial charge in [0.05, 0.1) is 5.54 Å². The molecule has 0 aromatic heterocycles. The van der Waals surface area contributed by atoms with E-state index in [9.17, 15) is 4.39 Å². The van der Waals surface area contributed by atoms with Crippen LogP contribution in [0, 0.1) is 26.6 Å². The third-order valence-corrected chi connectivity index (χ3v) is 7.54. The number of halogens is 1. The van der Waals surface area contributed by atoms with E-state index in [1.54, 1.807) is 12.1 Å². The number of hydrogen-bond donors (Lipinski definition) is 1. The number of aryl methyl sites for hydroxylation is 2. The van der Waals surface area contributed by atoms with E-state index in [0.29, 0.717) is 12.6 Å². The summed E-state index contributed by atoms with van der Waals surface area (Å²) in [4.78, 5) is 5.10. The van der Waals surface area contributed by atoms with Gasteiger partial charge in [0.2, 0.25) is 0 Å². The zero-order valence-electron chi connectivity index (χ0n) is 17.6. The lowest BCUT2D eigenvalue weighted by Gasteiger charge is -2.27. The average Bonchev–Trinajstić information content (AvgIpc) is 3.28. The van der Waals surface area contributed by atoms with Gasteiger partial charge in [-0.1, -0.05) is 13.0 Å². The molecule has 0 aliphatic carbocycles. The molecule has 2 aliphatic heterocycles. The number of benzene rings is 2. The van der Waals surface area contributed by atoms with Crippen molar-refractivity contribution in [2.45, 2.75) is 58.5 Å². The lowest BCUT2D eigenvalue weighted by atomic mass is 9.89. The fourth-order valence-corrected chi connectivity index (χ4v) is 5.48. The van der Waals surface area contributed by atoms with Crippen LogP contribution in [0.25, 0.3) is 0 Å². The van der Waals surface area contributed by atoms with Gasteiger partial charge in [-0.15, -0.1) is 11.8 Å². The Kier molecular flexibility index (Phi) is 5.60. The van der Waals surface area contributed by atoms with Crippen molar-refractivity contribution in [3.63, 3.8) is 0 Å². The number of ether oxygens (including phenoxy) is 1. The van der Waals surface area contributed by atoms with Crippen molar-refractivity contribution in [3.05, 3.63) is 58.4 Å². The minimum atomic E-state index is -0.183. The first kappa shape index (κ1) is 20.3. The van der Waals surface area contributed by atoms with Crippen LogP contribution in [-0.4, -0.2) is 29.0 Å². The second-order valence-electron chi connectivity index (χ2n) is 8.39. The first-order chi connectivity index (χ1) is 13.9. The summed E-state index contributed by atoms with van der Waals surface area (Å²) in [6, 6.07) is 9.56. The highest BCUT2D eigenvalue weighted by Gasteiger charge is 2.38. The fourth-order valence-electron chi connectivity index (χ4n) is 4.25. The summed E-state index contributed by atoms with van der Waals surface area (Å²) < 4.78 is 19.6. The second-order valence-corrected chi connectivity index (χ2v) is 9.44. The molecule has 0 saturated carbocycles. The highest BCUT2D eigenvalue weighted by Crippen LogP contribution is 2.38. The maximum Gasteiger partial charge on any atom is 0.136 e. The summed E-state index contributed by atoms with van der Waals surface area (Å²) in [7, 11) is 0. The van der Waals surface area contributed by atoms with E-state index >= 15 is 0 Å². The Hall–Kier alpha value is -2.01. The quantitative estimate of drug-likeness (QED) is 0.646. The summed E-state index contributed by atoms with van der Waals surface area (Å²) in [5.74, 6) is 1.72. The van der Waals surface area contributed by atoms with E-state index < -0.39 is 0 Å². The minimum Gasteiger partial charge on any atom is -0.487 e. The van der Waals surface area contributed by atoms with E-state index in [1.807, 2.05) is 17.8 Å². The molecule has 154 valence electrons. The fraction of sp³-hybridized carbons (Fsp3) is 0.458. The molecule has 0 fully saturated rings. The molecule has 4 rings (SSSR count). The molecule has 2 aromatic rings. The van der Waals surface area contributed by atoms with Crippen LogP contribution < -0.4 is 10.1 Å². The van der Waals surface area contributed by atoms with Crippen molar-refractivity contribution < 1.29 is 9.13 Å².